The largest absolute Gasteiger partial charge is 0.292 e. The fraction of sp³-hybridized carbons (Fsp3) is 0.0606. The first-order chi connectivity index (χ1) is 19.6. The van der Waals surface area contributed by atoms with Gasteiger partial charge in [-0.3, -0.25) is 4.79 Å². The van der Waals surface area contributed by atoms with E-state index < -0.39 is 4.99 Å². The number of thioether (sulfide) groups is 1. The predicted octanol–water partition coefficient (Wildman–Crippen LogP) is 8.03. The van der Waals surface area contributed by atoms with E-state index in [-0.39, 0.29) is 5.78 Å². The van der Waals surface area contributed by atoms with Crippen LogP contribution < -0.4 is 10.0 Å². The van der Waals surface area contributed by atoms with Gasteiger partial charge in [-0.1, -0.05) is 109 Å². The Hall–Kier alpha value is -4.39. The zero-order chi connectivity index (χ0) is 27.3. The number of nitrogens with zero attached hydrogens (tertiary/aromatic N) is 4. The van der Waals surface area contributed by atoms with Gasteiger partial charge in [0.2, 0.25) is 4.99 Å². The van der Waals surface area contributed by atoms with Crippen LogP contribution in [0.5, 0.6) is 0 Å². The molecule has 0 aliphatic carbocycles. The Kier molecular flexibility index (Phi) is 5.95. The maximum absolute atomic E-state index is 12.9. The van der Waals surface area contributed by atoms with Crippen LogP contribution in [-0.4, -0.2) is 16.5 Å². The van der Waals surface area contributed by atoms with Crippen molar-refractivity contribution in [2.24, 2.45) is 10.2 Å². The number of rotatable bonds is 4. The third kappa shape index (κ3) is 3.75. The number of para-hydroxylation sites is 2. The predicted molar refractivity (Wildman–Crippen MR) is 166 cm³/mol. The first-order valence-electron chi connectivity index (χ1n) is 12.9. The second-order valence-corrected chi connectivity index (χ2v) is 11.2. The minimum Gasteiger partial charge on any atom is -0.292 e. The normalized spacial score (nSPS) is 18.1. The van der Waals surface area contributed by atoms with Crippen LogP contribution in [0, 0.1) is 0 Å². The van der Waals surface area contributed by atoms with Crippen LogP contribution in [0.1, 0.15) is 23.6 Å². The summed E-state index contributed by atoms with van der Waals surface area (Å²) in [7, 11) is 0. The van der Waals surface area contributed by atoms with Gasteiger partial charge in [0.05, 0.1) is 22.1 Å². The molecule has 2 aliphatic heterocycles. The molecule has 0 radical (unpaired) electrons. The van der Waals surface area contributed by atoms with Crippen molar-refractivity contribution < 1.29 is 4.79 Å². The molecule has 5 aromatic carbocycles. The van der Waals surface area contributed by atoms with Gasteiger partial charge >= 0.3 is 0 Å². The number of hydrogen-bond acceptors (Lipinski definition) is 6. The highest BCUT2D eigenvalue weighted by molar-refractivity contribution is 8.17. The highest BCUT2D eigenvalue weighted by atomic mass is 35.5. The van der Waals surface area contributed by atoms with Gasteiger partial charge < -0.3 is 0 Å². The van der Waals surface area contributed by atoms with Crippen molar-refractivity contribution in [1.82, 2.24) is 0 Å². The molecule has 194 valence electrons. The highest BCUT2D eigenvalue weighted by Gasteiger charge is 2.56. The van der Waals surface area contributed by atoms with Crippen molar-refractivity contribution >= 4 is 62.0 Å². The van der Waals surface area contributed by atoms with Gasteiger partial charge in [-0.05, 0) is 46.8 Å². The molecule has 0 bridgehead atoms. The fourth-order valence-corrected chi connectivity index (χ4v) is 6.88. The van der Waals surface area contributed by atoms with Gasteiger partial charge in [0.15, 0.2) is 10.8 Å². The molecule has 40 heavy (non-hydrogen) atoms. The summed E-state index contributed by atoms with van der Waals surface area (Å²) in [6, 6.07) is 40.5. The van der Waals surface area contributed by atoms with E-state index in [1.807, 2.05) is 82.8 Å². The lowest BCUT2D eigenvalue weighted by Crippen LogP contribution is -2.54. The second-order valence-electron chi connectivity index (χ2n) is 9.60. The lowest BCUT2D eigenvalue weighted by atomic mass is 9.91. The maximum atomic E-state index is 12.9. The molecule has 0 fully saturated rings. The minimum absolute atomic E-state index is 0.117. The highest BCUT2D eigenvalue weighted by Crippen LogP contribution is 2.56. The van der Waals surface area contributed by atoms with Crippen LogP contribution in [0.15, 0.2) is 132 Å². The number of anilines is 2. The summed E-state index contributed by atoms with van der Waals surface area (Å²) in [5.41, 5.74) is 5.35. The van der Waals surface area contributed by atoms with E-state index in [1.54, 1.807) is 6.92 Å². The van der Waals surface area contributed by atoms with Gasteiger partial charge in [-0.25, -0.2) is 10.0 Å². The average molecular weight is 559 g/mol. The van der Waals surface area contributed by atoms with E-state index in [9.17, 15) is 4.79 Å². The van der Waals surface area contributed by atoms with Crippen LogP contribution in [0.3, 0.4) is 0 Å². The van der Waals surface area contributed by atoms with Crippen molar-refractivity contribution in [2.75, 3.05) is 10.0 Å². The molecule has 2 aliphatic rings. The zero-order valence-electron chi connectivity index (χ0n) is 21.5. The summed E-state index contributed by atoms with van der Waals surface area (Å²) in [6.07, 6.45) is 0. The number of carbonyl (C=O) groups is 1. The first-order valence-corrected chi connectivity index (χ1v) is 14.1. The van der Waals surface area contributed by atoms with Crippen molar-refractivity contribution in [2.45, 2.75) is 11.9 Å². The number of hydrogen-bond donors (Lipinski definition) is 0. The van der Waals surface area contributed by atoms with E-state index in [0.717, 1.165) is 38.9 Å². The van der Waals surface area contributed by atoms with Crippen molar-refractivity contribution in [1.29, 1.82) is 0 Å². The molecule has 1 atom stereocenters. The van der Waals surface area contributed by atoms with Crippen LogP contribution in [0.25, 0.3) is 10.8 Å². The van der Waals surface area contributed by atoms with Gasteiger partial charge in [-0.15, -0.1) is 0 Å². The van der Waals surface area contributed by atoms with Gasteiger partial charge in [0, 0.05) is 23.6 Å². The second kappa shape index (κ2) is 9.66. The topological polar surface area (TPSA) is 48.3 Å². The molecule has 0 unspecified atom stereocenters. The van der Waals surface area contributed by atoms with Crippen molar-refractivity contribution in [3.63, 3.8) is 0 Å². The number of fused-ring (bicyclic) bond motifs is 3. The first kappa shape index (κ1) is 24.6. The molecule has 1 spiro atoms. The van der Waals surface area contributed by atoms with Crippen LogP contribution in [0.2, 0.25) is 5.02 Å². The summed E-state index contributed by atoms with van der Waals surface area (Å²) in [4.78, 5) is 11.8. The Labute approximate surface area is 241 Å². The van der Waals surface area contributed by atoms with E-state index in [4.69, 9.17) is 21.8 Å². The lowest BCUT2D eigenvalue weighted by molar-refractivity contribution is -0.110. The molecule has 0 N–H and O–H groups in total. The molecule has 2 heterocycles. The van der Waals surface area contributed by atoms with E-state index in [2.05, 4.69) is 48.5 Å². The molecule has 0 amide bonds. The Morgan fingerprint density at radius 3 is 2.23 bits per heavy atom. The molecular formula is C33H23ClN4OS. The number of hydrazone groups is 2. The van der Waals surface area contributed by atoms with Crippen molar-refractivity contribution in [3.05, 3.63) is 143 Å². The fourth-order valence-electron chi connectivity index (χ4n) is 5.38. The summed E-state index contributed by atoms with van der Waals surface area (Å²) in [5, 5.41) is 17.3. The summed E-state index contributed by atoms with van der Waals surface area (Å²) < 4.78 is 0. The standard InChI is InChI=1S/C33H23ClN4OS/c1-22(39)32-36-38(30-21-10-9-20-29(30)34)33(40-32)28-19-8-7-17-27(28)31(35-37(33)24-14-3-2-4-15-24)26-18-11-13-23-12-5-6-16-25(23)26/h2-21H,1H3/t33-/m0/s1. The third-order valence-electron chi connectivity index (χ3n) is 7.16. The molecule has 5 aromatic rings. The molecular weight excluding hydrogens is 536 g/mol. The van der Waals surface area contributed by atoms with Crippen LogP contribution in [-0.2, 0) is 9.79 Å². The van der Waals surface area contributed by atoms with Crippen LogP contribution >= 0.6 is 23.4 Å². The monoisotopic (exact) mass is 558 g/mol. The number of benzene rings is 5. The number of halogens is 1. The summed E-state index contributed by atoms with van der Waals surface area (Å²) >= 11 is 8.17. The molecule has 7 rings (SSSR count). The number of ketones is 1. The lowest BCUT2D eigenvalue weighted by Gasteiger charge is -2.47. The van der Waals surface area contributed by atoms with E-state index in [1.165, 1.54) is 11.8 Å². The molecule has 0 aromatic heterocycles. The van der Waals surface area contributed by atoms with Crippen molar-refractivity contribution in [3.8, 4) is 0 Å². The summed E-state index contributed by atoms with van der Waals surface area (Å²) in [5.74, 6) is -0.117. The Bertz CT molecular complexity index is 1850. The van der Waals surface area contributed by atoms with Gasteiger partial charge in [0.25, 0.3) is 0 Å². The van der Waals surface area contributed by atoms with E-state index >= 15 is 0 Å². The smallest absolute Gasteiger partial charge is 0.234 e. The van der Waals surface area contributed by atoms with Gasteiger partial charge in [0.1, 0.15) is 0 Å². The average Bonchev–Trinajstić information content (AvgIpc) is 3.39. The zero-order valence-corrected chi connectivity index (χ0v) is 23.1. The molecule has 5 nitrogen and oxygen atoms in total. The Morgan fingerprint density at radius 1 is 0.725 bits per heavy atom. The summed E-state index contributed by atoms with van der Waals surface area (Å²) in [6.45, 7) is 1.54. The minimum atomic E-state index is -1.04. The van der Waals surface area contributed by atoms with E-state index in [0.29, 0.717) is 15.8 Å². The molecule has 0 saturated carbocycles. The van der Waals surface area contributed by atoms with Crippen LogP contribution in [0.4, 0.5) is 11.4 Å². The van der Waals surface area contributed by atoms with Gasteiger partial charge in [-0.2, -0.15) is 10.2 Å². The number of carbonyl (C=O) groups excluding carboxylic acids is 1. The SMILES string of the molecule is CC(=O)C1=NN(c2ccccc2Cl)[C@]2(S1)c1ccccc1C(c1cccc3ccccc13)=NN2c1ccccc1. The maximum Gasteiger partial charge on any atom is 0.234 e. The quantitative estimate of drug-likeness (QED) is 0.224. The molecule has 0 saturated heterocycles. The Balaban J connectivity index is 1.57. The Morgan fingerprint density at radius 2 is 1.40 bits per heavy atom. The number of Topliss-reactive ketones (excluding diaryl/α,β-unsaturated/α-hetero) is 1. The molecule has 7 heteroatoms. The third-order valence-corrected chi connectivity index (χ3v) is 8.90.